The van der Waals surface area contributed by atoms with Gasteiger partial charge in [0.25, 0.3) is 0 Å². The molecule has 24 valence electrons. The molecule has 0 fully saturated rings. The Morgan fingerprint density at radius 1 is 1.25 bits per heavy atom. The molecule has 0 saturated heterocycles. The van der Waals surface area contributed by atoms with E-state index in [2.05, 4.69) is 0 Å². The smallest absolute Gasteiger partial charge is 0.106 e. The van der Waals surface area contributed by atoms with Crippen molar-refractivity contribution in [2.45, 2.75) is 0 Å². The number of rotatable bonds is 0. The van der Waals surface area contributed by atoms with E-state index in [1.807, 2.05) is 6.79 Å². The van der Waals surface area contributed by atoms with Gasteiger partial charge < -0.3 is 4.79 Å². The van der Waals surface area contributed by atoms with Crippen LogP contribution >= 0.6 is 0 Å². The molecule has 0 aliphatic carbocycles. The topological polar surface area (TPSA) is 17.1 Å². The van der Waals surface area contributed by atoms with E-state index >= 15 is 0 Å². The fourth-order valence-electron chi connectivity index (χ4n) is 0. The molecule has 0 aromatic rings. The molecule has 3 heteroatoms. The molecule has 0 atom stereocenters. The summed E-state index contributed by atoms with van der Waals surface area (Å²) in [6, 6.07) is 0. The molecule has 0 aromatic heterocycles. The first kappa shape index (κ1) is 25.9. The molecule has 0 aliphatic rings. The Morgan fingerprint density at radius 2 is 1.25 bits per heavy atom. The first-order valence-electron chi connectivity index (χ1n) is 0.289. The van der Waals surface area contributed by atoms with Crippen LogP contribution in [0.4, 0.5) is 0 Å². The van der Waals surface area contributed by atoms with E-state index in [1.54, 1.807) is 0 Å². The maximum Gasteiger partial charge on any atom is 0.106 e. The zero-order chi connectivity index (χ0) is 2.00. The standard InChI is InChI=1S/CH2O.Fe.Si/c1-2;;/h1H2;;. The van der Waals surface area contributed by atoms with E-state index in [0.717, 1.165) is 0 Å². The average molecular weight is 114 g/mol. The SMILES string of the molecule is C=O.[Fe].[Si]. The van der Waals surface area contributed by atoms with Crippen LogP contribution in [0.1, 0.15) is 0 Å². The van der Waals surface area contributed by atoms with Crippen LogP contribution in [0.25, 0.3) is 0 Å². The van der Waals surface area contributed by atoms with Crippen molar-refractivity contribution in [3.8, 4) is 0 Å². The summed E-state index contributed by atoms with van der Waals surface area (Å²) in [6.45, 7) is 2.00. The number of carbonyl (C=O) groups excluding carboxylic acids is 1. The van der Waals surface area contributed by atoms with Crippen LogP contribution in [-0.2, 0) is 21.9 Å². The number of hydrogen-bond acceptors (Lipinski definition) is 1. The zero-order valence-electron chi connectivity index (χ0n) is 1.97. The van der Waals surface area contributed by atoms with Gasteiger partial charge in [0.1, 0.15) is 6.79 Å². The third kappa shape index (κ3) is 28.8. The van der Waals surface area contributed by atoms with E-state index in [1.165, 1.54) is 0 Å². The molecule has 1 nitrogen and oxygen atoms in total. The molecular weight excluding hydrogens is 112 g/mol. The van der Waals surface area contributed by atoms with Crippen molar-refractivity contribution in [2.24, 2.45) is 0 Å². The van der Waals surface area contributed by atoms with Gasteiger partial charge in [-0.15, -0.1) is 0 Å². The van der Waals surface area contributed by atoms with E-state index in [4.69, 9.17) is 4.79 Å². The molecule has 0 bridgehead atoms. The summed E-state index contributed by atoms with van der Waals surface area (Å²) in [6.07, 6.45) is 0. The maximum absolute atomic E-state index is 8.00. The Kier molecular flexibility index (Phi) is 772. The third-order valence-electron chi connectivity index (χ3n) is 0. The Morgan fingerprint density at radius 3 is 1.25 bits per heavy atom. The molecule has 0 N–H and O–H groups in total. The second-order valence-corrected chi connectivity index (χ2v) is 0. The first-order valence-corrected chi connectivity index (χ1v) is 0.289. The minimum absolute atomic E-state index is 0. The monoisotopic (exact) mass is 114 g/mol. The van der Waals surface area contributed by atoms with Crippen molar-refractivity contribution in [3.63, 3.8) is 0 Å². The number of hydrogen-bond donors (Lipinski definition) is 0. The molecule has 4 heavy (non-hydrogen) atoms. The van der Waals surface area contributed by atoms with Gasteiger partial charge in [-0.25, -0.2) is 0 Å². The van der Waals surface area contributed by atoms with Crippen molar-refractivity contribution in [1.29, 1.82) is 0 Å². The fraction of sp³-hybridized carbons (Fsp3) is 0. The van der Waals surface area contributed by atoms with Gasteiger partial charge in [-0.05, 0) is 0 Å². The molecule has 0 aliphatic heterocycles. The summed E-state index contributed by atoms with van der Waals surface area (Å²) in [4.78, 5) is 8.00. The van der Waals surface area contributed by atoms with Gasteiger partial charge in [-0.3, -0.25) is 0 Å². The van der Waals surface area contributed by atoms with Crippen molar-refractivity contribution < 1.29 is 21.9 Å². The predicted octanol–water partition coefficient (Wildman–Crippen LogP) is -0.568. The third-order valence-corrected chi connectivity index (χ3v) is 0. The summed E-state index contributed by atoms with van der Waals surface area (Å²) >= 11 is 0. The van der Waals surface area contributed by atoms with Crippen LogP contribution in [0.5, 0.6) is 0 Å². The van der Waals surface area contributed by atoms with Crippen LogP contribution in [0.2, 0.25) is 0 Å². The fourth-order valence-corrected chi connectivity index (χ4v) is 0. The van der Waals surface area contributed by atoms with Crippen molar-refractivity contribution in [3.05, 3.63) is 0 Å². The Hall–Kier alpha value is 0.406. The van der Waals surface area contributed by atoms with Gasteiger partial charge in [-0.1, -0.05) is 0 Å². The van der Waals surface area contributed by atoms with Crippen LogP contribution in [-0.4, -0.2) is 17.8 Å². The molecular formula is CH2FeOSi. The van der Waals surface area contributed by atoms with Gasteiger partial charge in [0.2, 0.25) is 0 Å². The summed E-state index contributed by atoms with van der Waals surface area (Å²) in [5.74, 6) is 0. The molecule has 0 heterocycles. The van der Waals surface area contributed by atoms with Crippen LogP contribution in [0.15, 0.2) is 0 Å². The Bertz CT molecular complexity index is 8.00. The van der Waals surface area contributed by atoms with Crippen LogP contribution < -0.4 is 0 Å². The number of carbonyl (C=O) groups is 1. The van der Waals surface area contributed by atoms with Crippen LogP contribution in [0.3, 0.4) is 0 Å². The molecule has 0 saturated carbocycles. The Labute approximate surface area is 40.3 Å². The van der Waals surface area contributed by atoms with Gasteiger partial charge >= 0.3 is 0 Å². The maximum atomic E-state index is 8.00. The molecule has 0 aromatic carbocycles. The van der Waals surface area contributed by atoms with Gasteiger partial charge in [0.15, 0.2) is 0 Å². The second-order valence-electron chi connectivity index (χ2n) is 0. The summed E-state index contributed by atoms with van der Waals surface area (Å²) < 4.78 is 0. The van der Waals surface area contributed by atoms with Gasteiger partial charge in [0.05, 0.1) is 0 Å². The molecule has 0 rings (SSSR count). The van der Waals surface area contributed by atoms with E-state index in [-0.39, 0.29) is 28.0 Å². The quantitative estimate of drug-likeness (QED) is 0.385. The summed E-state index contributed by atoms with van der Waals surface area (Å²) in [7, 11) is 0. The van der Waals surface area contributed by atoms with Crippen molar-refractivity contribution in [2.75, 3.05) is 0 Å². The average Bonchev–Trinajstić information content (AvgIpc) is 1.00. The van der Waals surface area contributed by atoms with Gasteiger partial charge in [0, 0.05) is 28.0 Å². The van der Waals surface area contributed by atoms with E-state index < -0.39 is 0 Å². The molecule has 0 amide bonds. The first-order chi connectivity index (χ1) is 1.00. The van der Waals surface area contributed by atoms with E-state index in [9.17, 15) is 0 Å². The summed E-state index contributed by atoms with van der Waals surface area (Å²) in [5, 5.41) is 0. The Balaban J connectivity index is -0.00000000500. The molecule has 0 unspecified atom stereocenters. The molecule has 4 radical (unpaired) electrons. The normalized spacial score (nSPS) is 1.00. The van der Waals surface area contributed by atoms with Crippen LogP contribution in [0, 0.1) is 0 Å². The second kappa shape index (κ2) is 119. The largest absolute Gasteiger partial charge is 0.307 e. The minimum Gasteiger partial charge on any atom is -0.307 e. The van der Waals surface area contributed by atoms with Crippen molar-refractivity contribution in [1.82, 2.24) is 0 Å². The minimum atomic E-state index is 0. The molecule has 0 spiro atoms. The van der Waals surface area contributed by atoms with E-state index in [0.29, 0.717) is 0 Å². The van der Waals surface area contributed by atoms with Gasteiger partial charge in [-0.2, -0.15) is 0 Å². The summed E-state index contributed by atoms with van der Waals surface area (Å²) in [5.41, 5.74) is 0. The predicted molar refractivity (Wildman–Crippen MR) is 12.9 cm³/mol. The zero-order valence-corrected chi connectivity index (χ0v) is 4.07. The van der Waals surface area contributed by atoms with Crippen molar-refractivity contribution >= 4 is 17.8 Å².